The first-order valence-corrected chi connectivity index (χ1v) is 6.26. The van der Waals surface area contributed by atoms with Crippen LogP contribution in [0.15, 0.2) is 42.7 Å². The van der Waals surface area contributed by atoms with E-state index in [1.165, 1.54) is 23.0 Å². The fraction of sp³-hybridized carbons (Fsp3) is 0.154. The molecule has 0 aliphatic rings. The number of nitrogens with zero attached hydrogens (tertiary/aromatic N) is 4. The molecule has 0 spiro atoms. The van der Waals surface area contributed by atoms with E-state index in [1.54, 1.807) is 24.3 Å². The van der Waals surface area contributed by atoms with Crippen molar-refractivity contribution in [2.24, 2.45) is 0 Å². The van der Waals surface area contributed by atoms with Gasteiger partial charge in [-0.1, -0.05) is 18.2 Å². The summed E-state index contributed by atoms with van der Waals surface area (Å²) in [6, 6.07) is 9.28. The minimum absolute atomic E-state index is 0.132. The van der Waals surface area contributed by atoms with Gasteiger partial charge < -0.3 is 10.1 Å². The van der Waals surface area contributed by atoms with Gasteiger partial charge in [-0.15, -0.1) is 28.5 Å². The lowest BCUT2D eigenvalue weighted by Gasteiger charge is -2.13. The highest BCUT2D eigenvalue weighted by Crippen LogP contribution is 2.26. The van der Waals surface area contributed by atoms with Crippen molar-refractivity contribution in [3.8, 4) is 5.75 Å². The number of aromatic nitrogens is 4. The number of alkyl halides is 3. The van der Waals surface area contributed by atoms with Crippen LogP contribution in [-0.2, 0) is 6.54 Å². The maximum Gasteiger partial charge on any atom is 0.573 e. The van der Waals surface area contributed by atoms with E-state index in [4.69, 9.17) is 0 Å². The summed E-state index contributed by atoms with van der Waals surface area (Å²) in [6.07, 6.45) is -3.29. The summed E-state index contributed by atoms with van der Waals surface area (Å²) in [6.45, 7) is 0.132. The molecule has 0 amide bonds. The molecule has 9 heteroatoms. The molecule has 0 saturated heterocycles. The molecule has 2 heterocycles. The van der Waals surface area contributed by atoms with Crippen LogP contribution in [0.5, 0.6) is 5.75 Å². The Hall–Kier alpha value is -2.84. The second kappa shape index (κ2) is 5.51. The van der Waals surface area contributed by atoms with Crippen LogP contribution in [0, 0.1) is 0 Å². The van der Waals surface area contributed by atoms with Gasteiger partial charge in [0.05, 0.1) is 0 Å². The Morgan fingerprint density at radius 1 is 1.14 bits per heavy atom. The summed E-state index contributed by atoms with van der Waals surface area (Å²) in [7, 11) is 0. The van der Waals surface area contributed by atoms with Crippen molar-refractivity contribution in [1.82, 2.24) is 19.8 Å². The van der Waals surface area contributed by atoms with Crippen LogP contribution < -0.4 is 10.1 Å². The molecule has 3 aromatic rings. The van der Waals surface area contributed by atoms with Crippen LogP contribution in [0.4, 0.5) is 19.0 Å². The highest BCUT2D eigenvalue weighted by molar-refractivity contribution is 5.44. The highest BCUT2D eigenvalue weighted by Gasteiger charge is 2.31. The fourth-order valence-corrected chi connectivity index (χ4v) is 1.88. The Morgan fingerprint density at radius 3 is 2.77 bits per heavy atom. The number of para-hydroxylation sites is 1. The summed E-state index contributed by atoms with van der Waals surface area (Å²) in [4.78, 5) is 0. The number of anilines is 1. The number of rotatable bonds is 4. The largest absolute Gasteiger partial charge is 0.573 e. The van der Waals surface area contributed by atoms with E-state index in [-0.39, 0.29) is 12.3 Å². The van der Waals surface area contributed by atoms with E-state index in [2.05, 4.69) is 25.3 Å². The minimum Gasteiger partial charge on any atom is -0.405 e. The monoisotopic (exact) mass is 309 g/mol. The summed E-state index contributed by atoms with van der Waals surface area (Å²) >= 11 is 0. The van der Waals surface area contributed by atoms with Crippen LogP contribution in [-0.4, -0.2) is 26.2 Å². The molecule has 22 heavy (non-hydrogen) atoms. The van der Waals surface area contributed by atoms with Crippen molar-refractivity contribution < 1.29 is 17.9 Å². The Kier molecular flexibility index (Phi) is 3.53. The predicted octanol–water partition coefficient (Wildman–Crippen LogP) is 2.63. The molecular weight excluding hydrogens is 299 g/mol. The van der Waals surface area contributed by atoms with Crippen molar-refractivity contribution in [2.75, 3.05) is 5.32 Å². The van der Waals surface area contributed by atoms with E-state index in [0.29, 0.717) is 17.0 Å². The van der Waals surface area contributed by atoms with Gasteiger partial charge in [0.25, 0.3) is 0 Å². The third-order valence-corrected chi connectivity index (χ3v) is 2.82. The normalized spacial score (nSPS) is 11.6. The molecule has 1 aromatic carbocycles. The average molecular weight is 309 g/mol. The molecule has 0 bridgehead atoms. The molecule has 1 N–H and O–H groups in total. The van der Waals surface area contributed by atoms with Crippen LogP contribution >= 0.6 is 0 Å². The zero-order chi connectivity index (χ0) is 15.6. The van der Waals surface area contributed by atoms with Gasteiger partial charge >= 0.3 is 6.36 Å². The van der Waals surface area contributed by atoms with Crippen LogP contribution in [0.3, 0.4) is 0 Å². The summed E-state index contributed by atoms with van der Waals surface area (Å²) in [5.74, 6) is 0.238. The van der Waals surface area contributed by atoms with Gasteiger partial charge in [-0.2, -0.15) is 4.52 Å². The van der Waals surface area contributed by atoms with Crippen LogP contribution in [0.25, 0.3) is 5.65 Å². The lowest BCUT2D eigenvalue weighted by Crippen LogP contribution is -2.18. The summed E-state index contributed by atoms with van der Waals surface area (Å²) < 4.78 is 42.5. The van der Waals surface area contributed by atoms with Crippen molar-refractivity contribution >= 4 is 11.5 Å². The number of hydrogen-bond acceptors (Lipinski definition) is 5. The molecule has 2 aromatic heterocycles. The standard InChI is InChI=1S/C13H10F3N5O/c14-13(15,16)22-10-4-2-1-3-9(10)7-17-11-5-6-12-19-18-8-21(12)20-11/h1-6,8H,7H2,(H,17,20). The molecule has 0 saturated carbocycles. The molecule has 0 unspecified atom stereocenters. The Bertz CT molecular complexity index is 786. The quantitative estimate of drug-likeness (QED) is 0.802. The van der Waals surface area contributed by atoms with Crippen molar-refractivity contribution in [3.63, 3.8) is 0 Å². The van der Waals surface area contributed by atoms with Crippen molar-refractivity contribution in [2.45, 2.75) is 12.9 Å². The van der Waals surface area contributed by atoms with Gasteiger partial charge in [0.2, 0.25) is 0 Å². The molecule has 6 nitrogen and oxygen atoms in total. The summed E-state index contributed by atoms with van der Waals surface area (Å²) in [5.41, 5.74) is 0.942. The average Bonchev–Trinajstić information content (AvgIpc) is 2.92. The molecule has 0 atom stereocenters. The molecule has 0 aliphatic carbocycles. The zero-order valence-electron chi connectivity index (χ0n) is 11.1. The number of hydrogen-bond donors (Lipinski definition) is 1. The molecule has 114 valence electrons. The van der Waals surface area contributed by atoms with Gasteiger partial charge in [-0.05, 0) is 18.2 Å². The zero-order valence-corrected chi connectivity index (χ0v) is 11.1. The molecule has 0 aliphatic heterocycles. The maximum atomic E-state index is 12.4. The van der Waals surface area contributed by atoms with Gasteiger partial charge in [0, 0.05) is 12.1 Å². The first-order valence-electron chi connectivity index (χ1n) is 6.26. The molecular formula is C13H10F3N5O. The minimum atomic E-state index is -4.73. The van der Waals surface area contributed by atoms with Gasteiger partial charge in [-0.3, -0.25) is 0 Å². The lowest BCUT2D eigenvalue weighted by atomic mass is 10.2. The first kappa shape index (κ1) is 14.1. The second-order valence-electron chi connectivity index (χ2n) is 4.36. The Labute approximate surface area is 122 Å². The number of ether oxygens (including phenoxy) is 1. The van der Waals surface area contributed by atoms with E-state index < -0.39 is 6.36 Å². The third-order valence-electron chi connectivity index (χ3n) is 2.82. The van der Waals surface area contributed by atoms with E-state index in [9.17, 15) is 13.2 Å². The van der Waals surface area contributed by atoms with Crippen LogP contribution in [0.1, 0.15) is 5.56 Å². The SMILES string of the molecule is FC(F)(F)Oc1ccccc1CNc1ccc2nncn2n1. The van der Waals surface area contributed by atoms with E-state index in [1.807, 2.05) is 0 Å². The topological polar surface area (TPSA) is 64.3 Å². The van der Waals surface area contributed by atoms with Gasteiger partial charge in [0.1, 0.15) is 17.9 Å². The molecule has 0 radical (unpaired) electrons. The number of halogens is 3. The maximum absolute atomic E-state index is 12.4. The highest BCUT2D eigenvalue weighted by atomic mass is 19.4. The van der Waals surface area contributed by atoms with E-state index in [0.717, 1.165) is 0 Å². The van der Waals surface area contributed by atoms with Gasteiger partial charge in [-0.25, -0.2) is 0 Å². The second-order valence-corrected chi connectivity index (χ2v) is 4.36. The third kappa shape index (κ3) is 3.25. The number of fused-ring (bicyclic) bond motifs is 1. The van der Waals surface area contributed by atoms with E-state index >= 15 is 0 Å². The predicted molar refractivity (Wildman–Crippen MR) is 71.2 cm³/mol. The van der Waals surface area contributed by atoms with Crippen molar-refractivity contribution in [3.05, 3.63) is 48.3 Å². The Morgan fingerprint density at radius 2 is 1.95 bits per heavy atom. The first-order chi connectivity index (χ1) is 10.5. The van der Waals surface area contributed by atoms with Crippen LogP contribution in [0.2, 0.25) is 0 Å². The fourth-order valence-electron chi connectivity index (χ4n) is 1.88. The Balaban J connectivity index is 1.75. The van der Waals surface area contributed by atoms with Crippen molar-refractivity contribution in [1.29, 1.82) is 0 Å². The van der Waals surface area contributed by atoms with Gasteiger partial charge in [0.15, 0.2) is 5.65 Å². The number of nitrogens with one attached hydrogen (secondary N) is 1. The molecule has 3 rings (SSSR count). The lowest BCUT2D eigenvalue weighted by molar-refractivity contribution is -0.274. The molecule has 0 fully saturated rings. The summed E-state index contributed by atoms with van der Waals surface area (Å²) in [5, 5.41) is 14.6. The number of benzene rings is 1. The smallest absolute Gasteiger partial charge is 0.405 e.